The lowest BCUT2D eigenvalue weighted by Crippen LogP contribution is -2.78. The number of esters is 2. The van der Waals surface area contributed by atoms with Gasteiger partial charge in [-0.15, -0.1) is 0 Å². The number of aliphatic hydroxyl groups is 1. The molecule has 5 fully saturated rings. The van der Waals surface area contributed by atoms with E-state index in [1.54, 1.807) is 18.4 Å². The fourth-order valence-electron chi connectivity index (χ4n) is 7.85. The summed E-state index contributed by atoms with van der Waals surface area (Å²) < 4.78 is 22.4. The lowest BCUT2D eigenvalue weighted by molar-refractivity contribution is -0.349. The molecule has 2 saturated carbocycles. The average Bonchev–Trinajstić information content (AvgIpc) is 3.32. The Morgan fingerprint density at radius 2 is 1.89 bits per heavy atom. The summed E-state index contributed by atoms with van der Waals surface area (Å²) in [6, 6.07) is 1.78. The molecule has 0 radical (unpaired) electrons. The molecule has 1 aromatic rings. The van der Waals surface area contributed by atoms with Crippen molar-refractivity contribution in [1.29, 1.82) is 0 Å². The number of methoxy groups -OCH3 is 1. The Kier molecular flexibility index (Phi) is 5.24. The van der Waals surface area contributed by atoms with Gasteiger partial charge in [-0.05, 0) is 26.3 Å². The monoisotopic (exact) mass is 484 g/mol. The van der Waals surface area contributed by atoms with Gasteiger partial charge in [0.1, 0.15) is 12.2 Å². The molecule has 9 atom stereocenters. The molecule has 0 amide bonds. The number of cyclic esters (lactones) is 1. The number of carbonyl (C=O) groups is 3. The van der Waals surface area contributed by atoms with Gasteiger partial charge in [-0.1, -0.05) is 32.4 Å². The van der Waals surface area contributed by atoms with Gasteiger partial charge in [0.2, 0.25) is 0 Å². The summed E-state index contributed by atoms with van der Waals surface area (Å²) in [5.41, 5.74) is -0.503. The predicted molar refractivity (Wildman–Crippen MR) is 123 cm³/mol. The van der Waals surface area contributed by atoms with Crippen molar-refractivity contribution in [2.24, 2.45) is 28.1 Å². The molecule has 35 heavy (non-hydrogen) atoms. The van der Waals surface area contributed by atoms with E-state index in [2.05, 4.69) is 0 Å². The zero-order chi connectivity index (χ0) is 25.5. The maximum atomic E-state index is 13.8. The van der Waals surface area contributed by atoms with Crippen molar-refractivity contribution in [3.8, 4) is 0 Å². The van der Waals surface area contributed by atoms with Gasteiger partial charge in [0.25, 0.3) is 0 Å². The first-order valence-corrected chi connectivity index (χ1v) is 12.0. The molecule has 1 N–H and O–H groups in total. The fraction of sp³-hybridized carbons (Fsp3) is 0.593. The largest absolute Gasteiger partial charge is 0.472 e. The Hall–Kier alpha value is -2.71. The van der Waals surface area contributed by atoms with Crippen LogP contribution in [0.2, 0.25) is 0 Å². The standard InChI is InChI=1S/C27H32O8/c1-13(2)17-20(29)21(30)19-18(25(17,3)9-7-16(28)32-6)15-11-26(4)22(14-8-10-33-12-14)35-24(31)23(34-15)27(19,26)5/h7-10,12,15,18-19,21-23,30H,11H2,1-6H3. The SMILES string of the molecule is COC(=O)C=CC1(C)C(=C(C)C)C(=O)C(O)C2C1C1CC3(C)C(c4ccoc4)OC(=O)C(O1)C23C. The molecule has 8 nitrogen and oxygen atoms in total. The molecule has 2 aliphatic carbocycles. The van der Waals surface area contributed by atoms with Crippen LogP contribution in [0.15, 0.2) is 46.3 Å². The highest BCUT2D eigenvalue weighted by atomic mass is 16.6. The average molecular weight is 485 g/mol. The Balaban J connectivity index is 1.72. The van der Waals surface area contributed by atoms with E-state index in [1.165, 1.54) is 19.4 Å². The van der Waals surface area contributed by atoms with Gasteiger partial charge in [0.05, 0.1) is 25.7 Å². The highest BCUT2D eigenvalue weighted by molar-refractivity contribution is 6.02. The maximum absolute atomic E-state index is 13.8. The van der Waals surface area contributed by atoms with E-state index < -0.39 is 58.5 Å². The van der Waals surface area contributed by atoms with Gasteiger partial charge in [-0.25, -0.2) is 9.59 Å². The van der Waals surface area contributed by atoms with Crippen LogP contribution in [0.3, 0.4) is 0 Å². The van der Waals surface area contributed by atoms with Gasteiger partial charge in [-0.2, -0.15) is 0 Å². The first-order valence-electron chi connectivity index (χ1n) is 12.0. The van der Waals surface area contributed by atoms with Gasteiger partial charge in [0.15, 0.2) is 11.9 Å². The third-order valence-electron chi connectivity index (χ3n) is 9.42. The molecule has 1 aromatic heterocycles. The number of ether oxygens (including phenoxy) is 3. The van der Waals surface area contributed by atoms with Gasteiger partial charge in [-0.3, -0.25) is 4.79 Å². The van der Waals surface area contributed by atoms with Crippen molar-refractivity contribution in [1.82, 2.24) is 0 Å². The molecule has 4 bridgehead atoms. The third kappa shape index (κ3) is 2.90. The number of aliphatic hydroxyl groups excluding tert-OH is 1. The third-order valence-corrected chi connectivity index (χ3v) is 9.42. The normalized spacial score (nSPS) is 44.3. The van der Waals surface area contributed by atoms with E-state index in [-0.39, 0.29) is 11.7 Å². The van der Waals surface area contributed by atoms with Crippen molar-refractivity contribution >= 4 is 17.7 Å². The van der Waals surface area contributed by atoms with Crippen LogP contribution in [0.1, 0.15) is 52.7 Å². The summed E-state index contributed by atoms with van der Waals surface area (Å²) in [6.45, 7) is 9.55. The molecule has 3 aliphatic heterocycles. The summed E-state index contributed by atoms with van der Waals surface area (Å²) in [6.07, 6.45) is 3.40. The first-order chi connectivity index (χ1) is 16.4. The Labute approximate surface area is 204 Å². The van der Waals surface area contributed by atoms with Crippen LogP contribution < -0.4 is 0 Å². The summed E-state index contributed by atoms with van der Waals surface area (Å²) in [7, 11) is 1.30. The zero-order valence-corrected chi connectivity index (χ0v) is 20.9. The van der Waals surface area contributed by atoms with Crippen molar-refractivity contribution < 1.29 is 38.1 Å². The highest BCUT2D eigenvalue weighted by Crippen LogP contribution is 2.74. The van der Waals surface area contributed by atoms with E-state index in [4.69, 9.17) is 18.6 Å². The van der Waals surface area contributed by atoms with E-state index in [0.29, 0.717) is 12.0 Å². The second-order valence-corrected chi connectivity index (χ2v) is 11.2. The molecular weight excluding hydrogens is 452 g/mol. The highest BCUT2D eigenvalue weighted by Gasteiger charge is 2.78. The Morgan fingerprint density at radius 3 is 2.49 bits per heavy atom. The van der Waals surface area contributed by atoms with Crippen LogP contribution in [0.25, 0.3) is 0 Å². The minimum Gasteiger partial charge on any atom is -0.472 e. The summed E-state index contributed by atoms with van der Waals surface area (Å²) in [4.78, 5) is 39.1. The van der Waals surface area contributed by atoms with E-state index in [1.807, 2.05) is 34.6 Å². The molecule has 0 aromatic carbocycles. The predicted octanol–water partition coefficient (Wildman–Crippen LogP) is 3.31. The number of hydrogen-bond donors (Lipinski definition) is 1. The maximum Gasteiger partial charge on any atom is 0.336 e. The van der Waals surface area contributed by atoms with Gasteiger partial charge < -0.3 is 23.7 Å². The van der Waals surface area contributed by atoms with Crippen LogP contribution in [0.4, 0.5) is 0 Å². The van der Waals surface area contributed by atoms with Gasteiger partial charge >= 0.3 is 11.9 Å². The molecule has 5 aliphatic rings. The molecule has 188 valence electrons. The molecule has 0 spiro atoms. The van der Waals surface area contributed by atoms with Gasteiger partial charge in [0, 0.05) is 45.3 Å². The van der Waals surface area contributed by atoms with Crippen LogP contribution in [0, 0.1) is 28.1 Å². The van der Waals surface area contributed by atoms with Crippen molar-refractivity contribution in [3.63, 3.8) is 0 Å². The number of rotatable bonds is 3. The van der Waals surface area contributed by atoms with Crippen molar-refractivity contribution in [3.05, 3.63) is 47.5 Å². The minimum atomic E-state index is -1.32. The fourth-order valence-corrected chi connectivity index (χ4v) is 7.85. The topological polar surface area (TPSA) is 112 Å². The second kappa shape index (κ2) is 7.64. The lowest BCUT2D eigenvalue weighted by atomic mass is 9.37. The molecule has 4 heterocycles. The molecule has 8 heteroatoms. The molecule has 3 saturated heterocycles. The smallest absolute Gasteiger partial charge is 0.336 e. The van der Waals surface area contributed by atoms with Crippen molar-refractivity contribution in [2.75, 3.05) is 7.11 Å². The lowest BCUT2D eigenvalue weighted by Gasteiger charge is -2.72. The quantitative estimate of drug-likeness (QED) is 0.514. The first kappa shape index (κ1) is 24.0. The number of Topliss-reactive ketones (excluding diaryl/α,β-unsaturated/α-hetero) is 1. The van der Waals surface area contributed by atoms with Crippen molar-refractivity contribution in [2.45, 2.75) is 65.5 Å². The number of carbonyl (C=O) groups excluding carboxylic acids is 3. The second-order valence-electron chi connectivity index (χ2n) is 11.2. The van der Waals surface area contributed by atoms with Crippen LogP contribution in [0.5, 0.6) is 0 Å². The number of ketones is 1. The zero-order valence-electron chi connectivity index (χ0n) is 20.9. The van der Waals surface area contributed by atoms with Crippen LogP contribution in [-0.4, -0.2) is 48.3 Å². The summed E-state index contributed by atoms with van der Waals surface area (Å²) in [5, 5.41) is 11.6. The molecular formula is C27H32O8. The summed E-state index contributed by atoms with van der Waals surface area (Å²) >= 11 is 0. The number of furan rings is 1. The summed E-state index contributed by atoms with van der Waals surface area (Å²) in [5.74, 6) is -2.37. The Morgan fingerprint density at radius 1 is 1.17 bits per heavy atom. The number of hydrogen-bond acceptors (Lipinski definition) is 8. The van der Waals surface area contributed by atoms with Crippen LogP contribution in [-0.2, 0) is 28.6 Å². The Bertz CT molecular complexity index is 1140. The minimum absolute atomic E-state index is 0.355. The number of allylic oxidation sites excluding steroid dienone is 2. The molecule has 9 unspecified atom stereocenters. The van der Waals surface area contributed by atoms with E-state index in [0.717, 1.165) is 11.1 Å². The van der Waals surface area contributed by atoms with Crippen LogP contribution >= 0.6 is 0 Å². The molecule has 6 rings (SSSR count). The van der Waals surface area contributed by atoms with E-state index >= 15 is 0 Å². The van der Waals surface area contributed by atoms with E-state index in [9.17, 15) is 19.5 Å².